The molecular formula is C26H22F2N6O3S. The number of hydrogen-bond donors (Lipinski definition) is 1. The zero-order chi connectivity index (χ0) is 27.0. The van der Waals surface area contributed by atoms with Gasteiger partial charge in [-0.25, -0.2) is 18.7 Å². The van der Waals surface area contributed by atoms with E-state index in [0.717, 1.165) is 6.07 Å². The Morgan fingerprint density at radius 3 is 2.61 bits per heavy atom. The summed E-state index contributed by atoms with van der Waals surface area (Å²) in [7, 11) is 2.52. The van der Waals surface area contributed by atoms with Crippen molar-refractivity contribution >= 4 is 34.0 Å². The minimum absolute atomic E-state index is 0.149. The summed E-state index contributed by atoms with van der Waals surface area (Å²) in [5.74, 6) is 2.94. The number of benzene rings is 1. The summed E-state index contributed by atoms with van der Waals surface area (Å²) in [5.41, 5.74) is 9.59. The molecule has 12 heteroatoms. The molecule has 3 aromatic heterocycles. The maximum atomic E-state index is 15.0. The fraction of sp³-hybridized carbons (Fsp3) is 0.231. The number of nitrogen functional groups attached to an aromatic ring is 1. The number of aromatic nitrogens is 4. The lowest BCUT2D eigenvalue weighted by Crippen LogP contribution is -2.27. The summed E-state index contributed by atoms with van der Waals surface area (Å²) in [5, 5.41) is 7.00. The summed E-state index contributed by atoms with van der Waals surface area (Å²) < 4.78 is 41.7. The van der Waals surface area contributed by atoms with E-state index in [2.05, 4.69) is 28.4 Å². The van der Waals surface area contributed by atoms with Crippen molar-refractivity contribution in [1.29, 1.82) is 0 Å². The van der Waals surface area contributed by atoms with E-state index in [1.165, 1.54) is 31.6 Å². The number of methoxy groups -OCH3 is 2. The number of carbonyl (C=O) groups excluding carboxylic acids is 1. The van der Waals surface area contributed by atoms with Crippen LogP contribution in [0.4, 0.5) is 14.6 Å². The minimum Gasteiger partial charge on any atom is -0.493 e. The number of anilines is 1. The number of likely N-dealkylation sites (tertiary alicyclic amines) is 1. The average Bonchev–Trinajstić information content (AvgIpc) is 3.69. The van der Waals surface area contributed by atoms with Crippen LogP contribution in [0.5, 0.6) is 11.5 Å². The molecule has 5 rings (SSSR count). The molecule has 1 unspecified atom stereocenters. The average molecular weight is 537 g/mol. The number of pyridine rings is 1. The fourth-order valence-corrected chi connectivity index (χ4v) is 5.02. The van der Waals surface area contributed by atoms with Crippen molar-refractivity contribution in [3.05, 3.63) is 58.7 Å². The third kappa shape index (κ3) is 4.20. The van der Waals surface area contributed by atoms with Crippen LogP contribution in [-0.2, 0) is 4.79 Å². The highest BCUT2D eigenvalue weighted by molar-refractivity contribution is 7.07. The van der Waals surface area contributed by atoms with Crippen molar-refractivity contribution in [1.82, 2.24) is 24.6 Å². The number of halogens is 2. The molecule has 4 heterocycles. The van der Waals surface area contributed by atoms with Gasteiger partial charge in [-0.1, -0.05) is 12.5 Å². The highest BCUT2D eigenvalue weighted by Crippen LogP contribution is 2.36. The van der Waals surface area contributed by atoms with Gasteiger partial charge in [0.15, 0.2) is 23.1 Å². The monoisotopic (exact) mass is 536 g/mol. The van der Waals surface area contributed by atoms with E-state index >= 15 is 0 Å². The summed E-state index contributed by atoms with van der Waals surface area (Å²) in [6.07, 6.45) is 3.50. The Balaban J connectivity index is 1.72. The van der Waals surface area contributed by atoms with Crippen LogP contribution in [0.2, 0.25) is 0 Å². The predicted molar refractivity (Wildman–Crippen MR) is 139 cm³/mol. The van der Waals surface area contributed by atoms with Crippen LogP contribution >= 0.6 is 11.3 Å². The molecule has 0 radical (unpaired) electrons. The highest BCUT2D eigenvalue weighted by Gasteiger charge is 2.30. The van der Waals surface area contributed by atoms with E-state index in [1.807, 2.05) is 5.38 Å². The van der Waals surface area contributed by atoms with Gasteiger partial charge in [-0.15, -0.1) is 11.3 Å². The van der Waals surface area contributed by atoms with E-state index in [0.29, 0.717) is 41.7 Å². The second-order valence-corrected chi connectivity index (χ2v) is 9.13. The lowest BCUT2D eigenvalue weighted by atomic mass is 10.1. The van der Waals surface area contributed by atoms with E-state index in [4.69, 9.17) is 20.3 Å². The molecule has 1 aromatic carbocycles. The zero-order valence-corrected chi connectivity index (χ0v) is 21.3. The standard InChI is InChI=1S/C26H22F2N6O3S/c1-4-21(35)33-8-7-14(11-33)34-25-16(18-12-38-13-31-18)10-30-26(29)22(25)17(32-34)6-5-15-23(27)19(36-2)9-20(37-3)24(15)28/h4,9-10,12-14H,1,7-8,11H2,2-3H3,(H2,29,30). The van der Waals surface area contributed by atoms with Gasteiger partial charge < -0.3 is 20.1 Å². The Bertz CT molecular complexity index is 1600. The van der Waals surface area contributed by atoms with Crippen LogP contribution < -0.4 is 15.2 Å². The van der Waals surface area contributed by atoms with Gasteiger partial charge in [-0.05, 0) is 18.4 Å². The third-order valence-corrected chi connectivity index (χ3v) is 6.92. The molecule has 9 nitrogen and oxygen atoms in total. The molecule has 0 bridgehead atoms. The van der Waals surface area contributed by atoms with Crippen molar-refractivity contribution in [3.63, 3.8) is 0 Å². The number of carbonyl (C=O) groups is 1. The van der Waals surface area contributed by atoms with Gasteiger partial charge >= 0.3 is 0 Å². The summed E-state index contributed by atoms with van der Waals surface area (Å²) in [6.45, 7) is 4.48. The van der Waals surface area contributed by atoms with Gasteiger partial charge in [0.25, 0.3) is 0 Å². The Morgan fingerprint density at radius 1 is 1.24 bits per heavy atom. The van der Waals surface area contributed by atoms with Crippen LogP contribution in [0.25, 0.3) is 22.2 Å². The SMILES string of the molecule is C=CC(=O)N1CCC(n2nc(C#Cc3c(F)c(OC)cc(OC)c3F)c3c(N)ncc(-c4cscn4)c32)C1. The van der Waals surface area contributed by atoms with Crippen LogP contribution in [0.1, 0.15) is 23.7 Å². The van der Waals surface area contributed by atoms with Gasteiger partial charge in [-0.2, -0.15) is 5.10 Å². The number of hydrogen-bond acceptors (Lipinski definition) is 8. The number of fused-ring (bicyclic) bond motifs is 1. The summed E-state index contributed by atoms with van der Waals surface area (Å²) >= 11 is 1.42. The maximum absolute atomic E-state index is 15.0. The first-order valence-corrected chi connectivity index (χ1v) is 12.4. The normalized spacial score (nSPS) is 14.8. The predicted octanol–water partition coefficient (Wildman–Crippen LogP) is 3.79. The smallest absolute Gasteiger partial charge is 0.246 e. The lowest BCUT2D eigenvalue weighted by molar-refractivity contribution is -0.125. The number of amides is 1. The first kappa shape index (κ1) is 25.2. The van der Waals surface area contributed by atoms with Gasteiger partial charge in [0.05, 0.1) is 42.4 Å². The van der Waals surface area contributed by atoms with Gasteiger partial charge in [0, 0.05) is 36.3 Å². The molecule has 1 fully saturated rings. The minimum atomic E-state index is -0.967. The van der Waals surface area contributed by atoms with E-state index < -0.39 is 17.2 Å². The Morgan fingerprint density at radius 2 is 1.97 bits per heavy atom. The summed E-state index contributed by atoms with van der Waals surface area (Å²) in [6, 6.07) is 0.903. The summed E-state index contributed by atoms with van der Waals surface area (Å²) in [4.78, 5) is 22.6. The molecule has 38 heavy (non-hydrogen) atoms. The van der Waals surface area contributed by atoms with E-state index in [-0.39, 0.29) is 35.0 Å². The first-order valence-electron chi connectivity index (χ1n) is 11.5. The van der Waals surface area contributed by atoms with Gasteiger partial charge in [-0.3, -0.25) is 9.48 Å². The van der Waals surface area contributed by atoms with Crippen molar-refractivity contribution in [2.75, 3.05) is 33.0 Å². The zero-order valence-electron chi connectivity index (χ0n) is 20.5. The molecule has 1 aliphatic rings. The molecule has 1 saturated heterocycles. The number of rotatable bonds is 5. The van der Waals surface area contributed by atoms with Crippen molar-refractivity contribution < 1.29 is 23.0 Å². The Kier molecular flexibility index (Phi) is 6.69. The lowest BCUT2D eigenvalue weighted by Gasteiger charge is -2.16. The van der Waals surface area contributed by atoms with Crippen molar-refractivity contribution in [2.24, 2.45) is 0 Å². The molecule has 194 valence electrons. The molecule has 0 aliphatic carbocycles. The third-order valence-electron chi connectivity index (χ3n) is 6.34. The van der Waals surface area contributed by atoms with Gasteiger partial charge in [0.1, 0.15) is 17.1 Å². The molecular weight excluding hydrogens is 514 g/mol. The Labute approximate surface area is 220 Å². The number of nitrogens with two attached hydrogens (primary N) is 1. The molecule has 4 aromatic rings. The maximum Gasteiger partial charge on any atom is 0.246 e. The van der Waals surface area contributed by atoms with Crippen LogP contribution in [0, 0.1) is 23.5 Å². The molecule has 0 saturated carbocycles. The van der Waals surface area contributed by atoms with Crippen molar-refractivity contribution in [3.8, 4) is 34.6 Å². The van der Waals surface area contributed by atoms with Gasteiger partial charge in [0.2, 0.25) is 5.91 Å². The fourth-order valence-electron chi connectivity index (χ4n) is 4.47. The molecule has 0 spiro atoms. The first-order chi connectivity index (χ1) is 18.4. The second-order valence-electron chi connectivity index (χ2n) is 8.41. The van der Waals surface area contributed by atoms with E-state index in [9.17, 15) is 13.6 Å². The van der Waals surface area contributed by atoms with Crippen LogP contribution in [-0.4, -0.2) is 57.9 Å². The molecule has 1 amide bonds. The molecule has 1 atom stereocenters. The largest absolute Gasteiger partial charge is 0.493 e. The van der Waals surface area contributed by atoms with Crippen LogP contribution in [0.15, 0.2) is 35.8 Å². The second kappa shape index (κ2) is 10.1. The molecule has 2 N–H and O–H groups in total. The number of ether oxygens (including phenoxy) is 2. The Hall–Kier alpha value is -4.50. The topological polar surface area (TPSA) is 108 Å². The van der Waals surface area contributed by atoms with Crippen molar-refractivity contribution in [2.45, 2.75) is 12.5 Å². The van der Waals surface area contributed by atoms with Crippen LogP contribution in [0.3, 0.4) is 0 Å². The quantitative estimate of drug-likeness (QED) is 0.305. The number of thiazole rings is 1. The van der Waals surface area contributed by atoms with E-state index in [1.54, 1.807) is 21.3 Å². The molecule has 1 aliphatic heterocycles. The highest BCUT2D eigenvalue weighted by atomic mass is 32.1. The number of nitrogens with zero attached hydrogens (tertiary/aromatic N) is 5.